The molecule has 3 aromatic rings. The van der Waals surface area contributed by atoms with Crippen LogP contribution in [-0.4, -0.2) is 22.5 Å². The highest BCUT2D eigenvalue weighted by molar-refractivity contribution is 8.18. The minimum atomic E-state index is -0.0400. The van der Waals surface area contributed by atoms with Gasteiger partial charge < -0.3 is 4.74 Å². The highest BCUT2D eigenvalue weighted by atomic mass is 32.2. The number of hydrogen-bond acceptors (Lipinski definition) is 5. The van der Waals surface area contributed by atoms with Crippen LogP contribution in [-0.2, 0) is 11.4 Å². The summed E-state index contributed by atoms with van der Waals surface area (Å²) in [6.45, 7) is 4.86. The van der Waals surface area contributed by atoms with Crippen molar-refractivity contribution in [3.8, 4) is 11.8 Å². The second-order valence-corrected chi connectivity index (χ2v) is 8.53. The molecule has 1 heterocycles. The van der Waals surface area contributed by atoms with Crippen molar-refractivity contribution in [2.45, 2.75) is 20.5 Å². The Morgan fingerprint density at radius 1 is 1.06 bits per heavy atom. The zero-order chi connectivity index (χ0) is 23.2. The summed E-state index contributed by atoms with van der Waals surface area (Å²) >= 11 is 1.39. The van der Waals surface area contributed by atoms with Crippen LogP contribution in [0.15, 0.2) is 82.7 Å². The summed E-state index contributed by atoms with van der Waals surface area (Å²) in [5.74, 6) is 0.661. The van der Waals surface area contributed by atoms with Crippen LogP contribution < -0.4 is 4.74 Å². The van der Waals surface area contributed by atoms with E-state index in [-0.39, 0.29) is 5.91 Å². The van der Waals surface area contributed by atoms with Crippen molar-refractivity contribution in [3.63, 3.8) is 0 Å². The number of hydrogen-bond donors (Lipinski definition) is 0. The average Bonchev–Trinajstić information content (AvgIpc) is 3.13. The van der Waals surface area contributed by atoms with E-state index in [1.807, 2.05) is 86.7 Å². The first-order valence-corrected chi connectivity index (χ1v) is 11.5. The Morgan fingerprint density at radius 2 is 1.79 bits per heavy atom. The van der Waals surface area contributed by atoms with E-state index in [1.165, 1.54) is 17.3 Å². The SMILES string of the molecule is CCN1C(=O)/C(=C\c2ccc(OCc3ccccc3C#N)cc2)SC1=Nc1ccc(C)cc1. The number of nitrogens with zero attached hydrogens (tertiary/aromatic N) is 3. The average molecular weight is 454 g/mol. The number of rotatable bonds is 6. The molecule has 0 N–H and O–H groups in total. The highest BCUT2D eigenvalue weighted by Crippen LogP contribution is 2.34. The van der Waals surface area contributed by atoms with Crippen LogP contribution in [0.3, 0.4) is 0 Å². The maximum absolute atomic E-state index is 12.9. The molecular formula is C27H23N3O2S. The zero-order valence-electron chi connectivity index (χ0n) is 18.5. The molecule has 1 aliphatic heterocycles. The summed E-state index contributed by atoms with van der Waals surface area (Å²) in [5.41, 5.74) is 4.36. The van der Waals surface area contributed by atoms with Crippen molar-refractivity contribution < 1.29 is 9.53 Å². The number of carbonyl (C=O) groups excluding carboxylic acids is 1. The quantitative estimate of drug-likeness (QED) is 0.425. The van der Waals surface area contributed by atoms with E-state index in [1.54, 1.807) is 11.0 Å². The van der Waals surface area contributed by atoms with Gasteiger partial charge in [-0.15, -0.1) is 0 Å². The van der Waals surface area contributed by atoms with Gasteiger partial charge in [0, 0.05) is 12.1 Å². The normalized spacial score (nSPS) is 15.8. The van der Waals surface area contributed by atoms with E-state index in [0.717, 1.165) is 16.8 Å². The number of benzene rings is 3. The summed E-state index contributed by atoms with van der Waals surface area (Å²) in [6.07, 6.45) is 1.88. The summed E-state index contributed by atoms with van der Waals surface area (Å²) < 4.78 is 5.84. The summed E-state index contributed by atoms with van der Waals surface area (Å²) in [7, 11) is 0. The number of amidine groups is 1. The van der Waals surface area contributed by atoms with Crippen molar-refractivity contribution in [2.75, 3.05) is 6.54 Å². The molecule has 1 fully saturated rings. The van der Waals surface area contributed by atoms with E-state index in [0.29, 0.717) is 34.5 Å². The Hall–Kier alpha value is -3.82. The third kappa shape index (κ3) is 5.33. The first kappa shape index (κ1) is 22.4. The van der Waals surface area contributed by atoms with Crippen LogP contribution in [0, 0.1) is 18.3 Å². The highest BCUT2D eigenvalue weighted by Gasteiger charge is 2.32. The molecule has 0 aromatic heterocycles. The van der Waals surface area contributed by atoms with Gasteiger partial charge in [-0.1, -0.05) is 48.0 Å². The van der Waals surface area contributed by atoms with Gasteiger partial charge in [0.1, 0.15) is 12.4 Å². The van der Waals surface area contributed by atoms with Crippen molar-refractivity contribution in [3.05, 3.63) is 100.0 Å². The summed E-state index contributed by atoms with van der Waals surface area (Å²) in [6, 6.07) is 25.1. The van der Waals surface area contributed by atoms with E-state index in [2.05, 4.69) is 11.1 Å². The number of nitriles is 1. The molecule has 5 nitrogen and oxygen atoms in total. The fourth-order valence-electron chi connectivity index (χ4n) is 3.33. The van der Waals surface area contributed by atoms with Gasteiger partial charge in [-0.2, -0.15) is 5.26 Å². The molecule has 1 aliphatic rings. The lowest BCUT2D eigenvalue weighted by Gasteiger charge is -2.12. The first-order chi connectivity index (χ1) is 16.1. The third-order valence-electron chi connectivity index (χ3n) is 5.17. The predicted molar refractivity (Wildman–Crippen MR) is 133 cm³/mol. The Kier molecular flexibility index (Phi) is 6.92. The zero-order valence-corrected chi connectivity index (χ0v) is 19.3. The Bertz CT molecular complexity index is 1260. The van der Waals surface area contributed by atoms with Crippen LogP contribution in [0.25, 0.3) is 6.08 Å². The third-order valence-corrected chi connectivity index (χ3v) is 6.18. The fraction of sp³-hybridized carbons (Fsp3) is 0.148. The van der Waals surface area contributed by atoms with Crippen molar-refractivity contribution in [1.82, 2.24) is 4.90 Å². The second-order valence-electron chi connectivity index (χ2n) is 7.52. The molecular weight excluding hydrogens is 430 g/mol. The Balaban J connectivity index is 1.47. The number of thioether (sulfide) groups is 1. The van der Waals surface area contributed by atoms with E-state index in [4.69, 9.17) is 4.74 Å². The van der Waals surface area contributed by atoms with Crippen molar-refractivity contribution in [2.24, 2.45) is 4.99 Å². The molecule has 0 bridgehead atoms. The molecule has 0 unspecified atom stereocenters. The fourth-order valence-corrected chi connectivity index (χ4v) is 4.39. The van der Waals surface area contributed by atoms with Gasteiger partial charge in [0.05, 0.1) is 22.2 Å². The molecule has 4 rings (SSSR count). The van der Waals surface area contributed by atoms with E-state index >= 15 is 0 Å². The van der Waals surface area contributed by atoms with Gasteiger partial charge in [-0.3, -0.25) is 9.69 Å². The molecule has 164 valence electrons. The van der Waals surface area contributed by atoms with Gasteiger partial charge in [-0.05, 0) is 67.6 Å². The van der Waals surface area contributed by atoms with Crippen LogP contribution in [0.2, 0.25) is 0 Å². The van der Waals surface area contributed by atoms with Crippen molar-refractivity contribution >= 4 is 34.6 Å². The second kappa shape index (κ2) is 10.2. The van der Waals surface area contributed by atoms with Crippen LogP contribution >= 0.6 is 11.8 Å². The standard InChI is InChI=1S/C27H23N3O2S/c1-3-30-26(31)25(33-27(30)29-23-12-8-19(2)9-13-23)16-20-10-14-24(15-11-20)32-18-22-7-5-4-6-21(22)17-28/h4-16H,3,18H2,1-2H3/b25-16+,29-27?. The summed E-state index contributed by atoms with van der Waals surface area (Å²) in [5, 5.41) is 9.89. The topological polar surface area (TPSA) is 65.7 Å². The van der Waals surface area contributed by atoms with E-state index in [9.17, 15) is 10.1 Å². The molecule has 1 amide bonds. The van der Waals surface area contributed by atoms with Gasteiger partial charge in [0.2, 0.25) is 0 Å². The van der Waals surface area contributed by atoms with Gasteiger partial charge in [0.25, 0.3) is 5.91 Å². The molecule has 0 atom stereocenters. The number of aryl methyl sites for hydroxylation is 1. The maximum Gasteiger partial charge on any atom is 0.266 e. The molecule has 6 heteroatoms. The molecule has 33 heavy (non-hydrogen) atoms. The molecule has 3 aromatic carbocycles. The van der Waals surface area contributed by atoms with Crippen LogP contribution in [0.5, 0.6) is 5.75 Å². The minimum Gasteiger partial charge on any atom is -0.489 e. The van der Waals surface area contributed by atoms with Crippen molar-refractivity contribution in [1.29, 1.82) is 5.26 Å². The number of aliphatic imine (C=N–C) groups is 1. The number of carbonyl (C=O) groups is 1. The lowest BCUT2D eigenvalue weighted by atomic mass is 10.1. The maximum atomic E-state index is 12.9. The molecule has 1 saturated heterocycles. The molecule has 0 radical (unpaired) electrons. The Morgan fingerprint density at radius 3 is 2.48 bits per heavy atom. The number of amides is 1. The van der Waals surface area contributed by atoms with Gasteiger partial charge in [0.15, 0.2) is 5.17 Å². The predicted octanol–water partition coefficient (Wildman–Crippen LogP) is 6.07. The molecule has 0 spiro atoms. The Labute approximate surface area is 198 Å². The minimum absolute atomic E-state index is 0.0400. The lowest BCUT2D eigenvalue weighted by Crippen LogP contribution is -2.28. The molecule has 0 saturated carbocycles. The number of ether oxygens (including phenoxy) is 1. The monoisotopic (exact) mass is 453 g/mol. The largest absolute Gasteiger partial charge is 0.489 e. The van der Waals surface area contributed by atoms with E-state index < -0.39 is 0 Å². The lowest BCUT2D eigenvalue weighted by molar-refractivity contribution is -0.122. The first-order valence-electron chi connectivity index (χ1n) is 10.6. The summed E-state index contributed by atoms with van der Waals surface area (Å²) in [4.78, 5) is 19.9. The van der Waals surface area contributed by atoms with Crippen LogP contribution in [0.1, 0.15) is 29.2 Å². The van der Waals surface area contributed by atoms with Gasteiger partial charge in [-0.25, -0.2) is 4.99 Å². The van der Waals surface area contributed by atoms with Crippen LogP contribution in [0.4, 0.5) is 5.69 Å². The smallest absolute Gasteiger partial charge is 0.266 e. The van der Waals surface area contributed by atoms with Gasteiger partial charge >= 0.3 is 0 Å². The molecule has 0 aliphatic carbocycles. The number of likely N-dealkylation sites (N-methyl/N-ethyl adjacent to an activating group) is 1.